The number of aromatic nitrogens is 3. The molecule has 0 bridgehead atoms. The van der Waals surface area contributed by atoms with E-state index in [1.54, 1.807) is 12.3 Å². The van der Waals surface area contributed by atoms with Crippen LogP contribution in [0.15, 0.2) is 48.8 Å². The number of aromatic hydroxyl groups is 1. The highest BCUT2D eigenvalue weighted by molar-refractivity contribution is 5.99. The highest BCUT2D eigenvalue weighted by atomic mass is 19.1. The molecule has 3 aromatic heterocycles. The molecule has 1 aromatic carbocycles. The molecule has 8 heteroatoms. The number of hydrogen-bond donors (Lipinski definition) is 4. The monoisotopic (exact) mass is 407 g/mol. The number of pyridine rings is 2. The van der Waals surface area contributed by atoms with Gasteiger partial charge in [-0.2, -0.15) is 0 Å². The van der Waals surface area contributed by atoms with E-state index in [4.69, 9.17) is 0 Å². The van der Waals surface area contributed by atoms with Crippen molar-refractivity contribution in [2.45, 2.75) is 25.3 Å². The van der Waals surface area contributed by atoms with Crippen molar-refractivity contribution in [3.8, 4) is 17.1 Å². The summed E-state index contributed by atoms with van der Waals surface area (Å²) in [7, 11) is 0. The number of hydrogen-bond acceptors (Lipinski definition) is 5. The first-order valence-corrected chi connectivity index (χ1v) is 9.73. The quantitative estimate of drug-likeness (QED) is 0.360. The predicted octanol–water partition coefficient (Wildman–Crippen LogP) is 5.32. The maximum atomic E-state index is 14.3. The summed E-state index contributed by atoms with van der Waals surface area (Å²) in [6.07, 6.45) is 6.78. The molecule has 1 fully saturated rings. The highest BCUT2D eigenvalue weighted by Gasteiger charge is 2.19. The van der Waals surface area contributed by atoms with Crippen molar-refractivity contribution in [1.82, 2.24) is 15.0 Å². The predicted molar refractivity (Wildman–Crippen MR) is 112 cm³/mol. The molecule has 3 heterocycles. The topological polar surface area (TPSA) is 85.9 Å². The van der Waals surface area contributed by atoms with E-state index in [2.05, 4.69) is 25.6 Å². The van der Waals surface area contributed by atoms with E-state index < -0.39 is 11.6 Å². The van der Waals surface area contributed by atoms with Gasteiger partial charge in [-0.25, -0.2) is 18.7 Å². The molecule has 30 heavy (non-hydrogen) atoms. The average Bonchev–Trinajstić information content (AvgIpc) is 3.07. The van der Waals surface area contributed by atoms with Gasteiger partial charge < -0.3 is 20.7 Å². The Balaban J connectivity index is 1.52. The maximum absolute atomic E-state index is 14.3. The Morgan fingerprint density at radius 3 is 2.57 bits per heavy atom. The molecule has 0 amide bonds. The second-order valence-corrected chi connectivity index (χ2v) is 7.38. The molecular weight excluding hydrogens is 388 g/mol. The van der Waals surface area contributed by atoms with Gasteiger partial charge in [0.25, 0.3) is 0 Å². The van der Waals surface area contributed by atoms with Crippen LogP contribution < -0.4 is 10.6 Å². The number of nitrogens with one attached hydrogen (secondary N) is 3. The first-order valence-electron chi connectivity index (χ1n) is 9.73. The van der Waals surface area contributed by atoms with E-state index in [1.807, 2.05) is 6.07 Å². The lowest BCUT2D eigenvalue weighted by Gasteiger charge is -2.27. The number of rotatable bonds is 5. The molecule has 0 aliphatic heterocycles. The summed E-state index contributed by atoms with van der Waals surface area (Å²) in [4.78, 5) is 11.4. The molecule has 1 aliphatic carbocycles. The van der Waals surface area contributed by atoms with Crippen molar-refractivity contribution < 1.29 is 13.9 Å². The van der Waals surface area contributed by atoms with E-state index in [0.29, 0.717) is 28.5 Å². The maximum Gasteiger partial charge on any atom is 0.200 e. The summed E-state index contributed by atoms with van der Waals surface area (Å²) in [5.41, 5.74) is 1.63. The van der Waals surface area contributed by atoms with Gasteiger partial charge in [-0.05, 0) is 49.6 Å². The summed E-state index contributed by atoms with van der Waals surface area (Å²) in [5, 5.41) is 17.2. The van der Waals surface area contributed by atoms with Gasteiger partial charge in [0.1, 0.15) is 17.5 Å². The van der Waals surface area contributed by atoms with Crippen LogP contribution in [0.2, 0.25) is 0 Å². The minimum absolute atomic E-state index is 0.0937. The fourth-order valence-electron chi connectivity index (χ4n) is 3.58. The van der Waals surface area contributed by atoms with Gasteiger partial charge in [-0.1, -0.05) is 6.07 Å². The third-order valence-corrected chi connectivity index (χ3v) is 5.35. The molecule has 0 spiro atoms. The van der Waals surface area contributed by atoms with E-state index in [-0.39, 0.29) is 17.1 Å². The molecule has 6 nitrogen and oxygen atoms in total. The molecule has 1 saturated carbocycles. The molecule has 1 aliphatic rings. The van der Waals surface area contributed by atoms with Crippen LogP contribution in [0.25, 0.3) is 22.2 Å². The van der Waals surface area contributed by atoms with Gasteiger partial charge in [0.05, 0.1) is 39.7 Å². The summed E-state index contributed by atoms with van der Waals surface area (Å²) in [6, 6.07) is 9.39. The Labute approximate surface area is 171 Å². The van der Waals surface area contributed by atoms with Gasteiger partial charge in [0.15, 0.2) is 5.88 Å². The van der Waals surface area contributed by atoms with Gasteiger partial charge in [-0.15, -0.1) is 0 Å². The largest absolute Gasteiger partial charge is 0.494 e. The molecule has 5 rings (SSSR count). The fourth-order valence-corrected chi connectivity index (χ4v) is 3.58. The van der Waals surface area contributed by atoms with E-state index in [0.717, 1.165) is 18.5 Å². The smallest absolute Gasteiger partial charge is 0.200 e. The van der Waals surface area contributed by atoms with Gasteiger partial charge >= 0.3 is 0 Å². The standard InChI is InChI=1S/C22H19F2N5O/c23-14-5-2-6-15(24)20(14)16-9-17(21-18(28-16)11-26-22(21)30)29-19-8-7-13(10-25-19)27-12-3-1-4-12/h2,5-12,26-27,30H,1,3-4H2,(H,25,29). The number of aromatic amines is 1. The van der Waals surface area contributed by atoms with Crippen molar-refractivity contribution in [3.63, 3.8) is 0 Å². The third-order valence-electron chi connectivity index (χ3n) is 5.35. The average molecular weight is 407 g/mol. The Morgan fingerprint density at radius 1 is 1.10 bits per heavy atom. The molecule has 0 radical (unpaired) electrons. The van der Waals surface area contributed by atoms with Crippen LogP contribution in [0.4, 0.5) is 26.0 Å². The summed E-state index contributed by atoms with van der Waals surface area (Å²) in [6.45, 7) is 0. The lowest BCUT2D eigenvalue weighted by Crippen LogP contribution is -2.26. The number of fused-ring (bicyclic) bond motifs is 1. The van der Waals surface area contributed by atoms with Crippen LogP contribution in [-0.2, 0) is 0 Å². The Morgan fingerprint density at radius 2 is 1.90 bits per heavy atom. The second kappa shape index (κ2) is 7.29. The molecule has 0 atom stereocenters. The fraction of sp³-hybridized carbons (Fsp3) is 0.182. The Kier molecular flexibility index (Phi) is 4.46. The minimum atomic E-state index is -0.711. The molecule has 4 aromatic rings. The van der Waals surface area contributed by atoms with Gasteiger partial charge in [0, 0.05) is 12.2 Å². The van der Waals surface area contributed by atoms with Gasteiger partial charge in [-0.3, -0.25) is 0 Å². The zero-order valence-electron chi connectivity index (χ0n) is 15.9. The van der Waals surface area contributed by atoms with E-state index >= 15 is 0 Å². The lowest BCUT2D eigenvalue weighted by molar-refractivity contribution is 0.445. The Hall–Kier alpha value is -3.68. The summed E-state index contributed by atoms with van der Waals surface area (Å²) < 4.78 is 28.6. The number of H-pyrrole nitrogens is 1. The minimum Gasteiger partial charge on any atom is -0.494 e. The second-order valence-electron chi connectivity index (χ2n) is 7.38. The lowest BCUT2D eigenvalue weighted by atomic mass is 9.93. The number of benzene rings is 1. The molecule has 152 valence electrons. The molecular formula is C22H19F2N5O. The van der Waals surface area contributed by atoms with Crippen molar-refractivity contribution in [2.24, 2.45) is 0 Å². The molecule has 4 N–H and O–H groups in total. The number of halogens is 2. The van der Waals surface area contributed by atoms with Crippen LogP contribution in [0.5, 0.6) is 5.88 Å². The van der Waals surface area contributed by atoms with Crippen LogP contribution in [-0.4, -0.2) is 26.1 Å². The normalized spacial score (nSPS) is 13.9. The number of anilines is 3. The van der Waals surface area contributed by atoms with Crippen molar-refractivity contribution >= 4 is 28.1 Å². The molecule has 0 saturated heterocycles. The van der Waals surface area contributed by atoms with Crippen molar-refractivity contribution in [3.05, 3.63) is 60.4 Å². The van der Waals surface area contributed by atoms with Crippen LogP contribution in [0.1, 0.15) is 19.3 Å². The van der Waals surface area contributed by atoms with Crippen LogP contribution >= 0.6 is 0 Å². The van der Waals surface area contributed by atoms with Crippen LogP contribution in [0, 0.1) is 11.6 Å². The van der Waals surface area contributed by atoms with Crippen molar-refractivity contribution in [2.75, 3.05) is 10.6 Å². The summed E-state index contributed by atoms with van der Waals surface area (Å²) >= 11 is 0. The first kappa shape index (κ1) is 18.4. The third kappa shape index (κ3) is 3.30. The zero-order chi connectivity index (χ0) is 20.7. The van der Waals surface area contributed by atoms with E-state index in [1.165, 1.54) is 36.9 Å². The SMILES string of the molecule is Oc1[nH]cc2nc(-c3c(F)cccc3F)cc(Nc3ccc(NC4CCC4)cn3)c12. The van der Waals surface area contributed by atoms with Gasteiger partial charge in [0.2, 0.25) is 0 Å². The van der Waals surface area contributed by atoms with Crippen LogP contribution in [0.3, 0.4) is 0 Å². The number of nitrogens with zero attached hydrogens (tertiary/aromatic N) is 2. The summed E-state index contributed by atoms with van der Waals surface area (Å²) in [5.74, 6) is -0.986. The Bertz CT molecular complexity index is 1200. The zero-order valence-corrected chi connectivity index (χ0v) is 15.9. The van der Waals surface area contributed by atoms with E-state index in [9.17, 15) is 13.9 Å². The first-order chi connectivity index (χ1) is 14.6. The van der Waals surface area contributed by atoms with Crippen molar-refractivity contribution in [1.29, 1.82) is 0 Å². The molecule has 0 unspecified atom stereocenters. The highest BCUT2D eigenvalue weighted by Crippen LogP contribution is 2.36.